The number of hydrogen-bond donors (Lipinski definition) is 0. The van der Waals surface area contributed by atoms with Crippen LogP contribution < -0.4 is 10.3 Å². The van der Waals surface area contributed by atoms with Gasteiger partial charge in [0.05, 0.1) is 19.2 Å². The average molecular weight is 502 g/mol. The van der Waals surface area contributed by atoms with E-state index in [4.69, 9.17) is 4.74 Å². The minimum absolute atomic E-state index is 0.00908. The van der Waals surface area contributed by atoms with E-state index in [1.54, 1.807) is 37.6 Å². The fourth-order valence-corrected chi connectivity index (χ4v) is 4.43. The number of carbonyl (C=O) groups is 2. The van der Waals surface area contributed by atoms with Crippen LogP contribution in [0.1, 0.15) is 26.4 Å². The summed E-state index contributed by atoms with van der Waals surface area (Å²) in [5.74, 6) is -0.934. The Morgan fingerprint density at radius 1 is 0.919 bits per heavy atom. The van der Waals surface area contributed by atoms with Crippen LogP contribution >= 0.6 is 0 Å². The van der Waals surface area contributed by atoms with Crippen molar-refractivity contribution < 1.29 is 18.7 Å². The van der Waals surface area contributed by atoms with Crippen molar-refractivity contribution in [1.29, 1.82) is 0 Å². The van der Waals surface area contributed by atoms with E-state index < -0.39 is 23.2 Å². The van der Waals surface area contributed by atoms with Gasteiger partial charge in [0.25, 0.3) is 17.4 Å². The van der Waals surface area contributed by atoms with E-state index in [2.05, 4.69) is 9.97 Å². The van der Waals surface area contributed by atoms with Gasteiger partial charge in [-0.25, -0.2) is 14.4 Å². The third-order valence-electron chi connectivity index (χ3n) is 6.38. The standard InChI is InChI=1S/C27H24FN5O4/c1-37-22-11-5-2-7-18(22)17-33-24-21(10-6-12-29-24)30-23(27(33)36)26(35)32-15-13-31(14-16-32)25(34)19-8-3-4-9-20(19)28/h2-12H,13-17H2,1H3. The van der Waals surface area contributed by atoms with E-state index in [1.165, 1.54) is 32.6 Å². The van der Waals surface area contributed by atoms with E-state index in [9.17, 15) is 18.8 Å². The van der Waals surface area contributed by atoms with Gasteiger partial charge in [-0.3, -0.25) is 19.0 Å². The number of nitrogens with zero attached hydrogens (tertiary/aromatic N) is 5. The summed E-state index contributed by atoms with van der Waals surface area (Å²) in [5, 5.41) is 0. The van der Waals surface area contributed by atoms with Gasteiger partial charge >= 0.3 is 0 Å². The fraction of sp³-hybridized carbons (Fsp3) is 0.222. The van der Waals surface area contributed by atoms with Crippen molar-refractivity contribution in [2.24, 2.45) is 0 Å². The summed E-state index contributed by atoms with van der Waals surface area (Å²) in [4.78, 5) is 51.4. The molecule has 1 saturated heterocycles. The van der Waals surface area contributed by atoms with Gasteiger partial charge in [0, 0.05) is 37.9 Å². The lowest BCUT2D eigenvalue weighted by atomic mass is 10.1. The van der Waals surface area contributed by atoms with Gasteiger partial charge in [-0.1, -0.05) is 30.3 Å². The van der Waals surface area contributed by atoms with Gasteiger partial charge in [0.2, 0.25) is 0 Å². The van der Waals surface area contributed by atoms with E-state index in [-0.39, 0.29) is 44.0 Å². The summed E-state index contributed by atoms with van der Waals surface area (Å²) in [5.41, 5.74) is 0.731. The number of halogens is 1. The van der Waals surface area contributed by atoms with Crippen LogP contribution in [0.3, 0.4) is 0 Å². The molecule has 10 heteroatoms. The van der Waals surface area contributed by atoms with Gasteiger partial charge in [-0.15, -0.1) is 0 Å². The zero-order valence-corrected chi connectivity index (χ0v) is 20.1. The molecule has 1 aliphatic heterocycles. The van der Waals surface area contributed by atoms with Crippen molar-refractivity contribution in [1.82, 2.24) is 24.3 Å². The van der Waals surface area contributed by atoms with E-state index in [1.807, 2.05) is 18.2 Å². The first-order valence-electron chi connectivity index (χ1n) is 11.8. The van der Waals surface area contributed by atoms with E-state index in [0.29, 0.717) is 16.9 Å². The molecule has 9 nitrogen and oxygen atoms in total. The zero-order chi connectivity index (χ0) is 25.9. The van der Waals surface area contributed by atoms with Crippen LogP contribution in [-0.2, 0) is 6.54 Å². The molecular weight excluding hydrogens is 477 g/mol. The predicted molar refractivity (Wildman–Crippen MR) is 134 cm³/mol. The molecule has 0 atom stereocenters. The number of para-hydroxylation sites is 1. The van der Waals surface area contributed by atoms with Crippen LogP contribution in [0.15, 0.2) is 71.7 Å². The van der Waals surface area contributed by atoms with Crippen molar-refractivity contribution in [3.05, 3.63) is 99.9 Å². The lowest BCUT2D eigenvalue weighted by molar-refractivity contribution is 0.0528. The first kappa shape index (κ1) is 24.1. The third kappa shape index (κ3) is 4.65. The number of fused-ring (bicyclic) bond motifs is 1. The number of hydrogen-bond acceptors (Lipinski definition) is 6. The number of carbonyl (C=O) groups excluding carboxylic acids is 2. The summed E-state index contributed by atoms with van der Waals surface area (Å²) in [6.07, 6.45) is 1.56. The largest absolute Gasteiger partial charge is 0.496 e. The number of rotatable bonds is 5. The number of ether oxygens (including phenoxy) is 1. The molecule has 0 radical (unpaired) electrons. The molecule has 0 saturated carbocycles. The molecular formula is C27H24FN5O4. The highest BCUT2D eigenvalue weighted by Gasteiger charge is 2.29. The van der Waals surface area contributed by atoms with Gasteiger partial charge in [0.1, 0.15) is 17.1 Å². The summed E-state index contributed by atoms with van der Waals surface area (Å²) in [6, 6.07) is 16.5. The maximum absolute atomic E-state index is 14.1. The highest BCUT2D eigenvalue weighted by Crippen LogP contribution is 2.20. The Bertz CT molecular complexity index is 1550. The maximum Gasteiger partial charge on any atom is 0.284 e. The maximum atomic E-state index is 14.1. The smallest absolute Gasteiger partial charge is 0.284 e. The first-order chi connectivity index (χ1) is 18.0. The molecule has 2 amide bonds. The Kier molecular flexibility index (Phi) is 6.63. The normalized spacial score (nSPS) is 13.6. The molecule has 0 aliphatic carbocycles. The van der Waals surface area contributed by atoms with Crippen molar-refractivity contribution in [2.45, 2.75) is 6.54 Å². The summed E-state index contributed by atoms with van der Waals surface area (Å²) >= 11 is 0. The number of pyridine rings is 1. The second kappa shape index (κ2) is 10.2. The van der Waals surface area contributed by atoms with Gasteiger partial charge in [-0.05, 0) is 30.3 Å². The molecule has 2 aromatic carbocycles. The number of methoxy groups -OCH3 is 1. The zero-order valence-electron chi connectivity index (χ0n) is 20.1. The topological polar surface area (TPSA) is 97.6 Å². The van der Waals surface area contributed by atoms with E-state index >= 15 is 0 Å². The van der Waals surface area contributed by atoms with Gasteiger partial charge in [-0.2, -0.15) is 0 Å². The molecule has 0 bridgehead atoms. The number of benzene rings is 2. The molecule has 37 heavy (non-hydrogen) atoms. The van der Waals surface area contributed by atoms with Gasteiger partial charge < -0.3 is 14.5 Å². The van der Waals surface area contributed by atoms with Crippen molar-refractivity contribution in [3.8, 4) is 5.75 Å². The number of aromatic nitrogens is 3. The predicted octanol–water partition coefficient (Wildman–Crippen LogP) is 2.59. The summed E-state index contributed by atoms with van der Waals surface area (Å²) in [7, 11) is 1.55. The van der Waals surface area contributed by atoms with Crippen LogP contribution in [-0.4, -0.2) is 69.4 Å². The molecule has 188 valence electrons. The molecule has 4 aromatic rings. The summed E-state index contributed by atoms with van der Waals surface area (Å²) < 4.78 is 20.9. The molecule has 0 spiro atoms. The Hall–Kier alpha value is -4.60. The molecule has 1 aliphatic rings. The van der Waals surface area contributed by atoms with Crippen LogP contribution in [0, 0.1) is 5.82 Å². The monoisotopic (exact) mass is 501 g/mol. The highest BCUT2D eigenvalue weighted by molar-refractivity contribution is 5.96. The van der Waals surface area contributed by atoms with Crippen LogP contribution in [0.25, 0.3) is 11.2 Å². The molecule has 0 N–H and O–H groups in total. The van der Waals surface area contributed by atoms with Crippen LogP contribution in [0.5, 0.6) is 5.75 Å². The summed E-state index contributed by atoms with van der Waals surface area (Å²) in [6.45, 7) is 0.951. The van der Waals surface area contributed by atoms with Crippen LogP contribution in [0.2, 0.25) is 0 Å². The van der Waals surface area contributed by atoms with Crippen molar-refractivity contribution >= 4 is 23.0 Å². The Morgan fingerprint density at radius 2 is 1.59 bits per heavy atom. The molecule has 2 aromatic heterocycles. The molecule has 0 unspecified atom stereocenters. The van der Waals surface area contributed by atoms with E-state index in [0.717, 1.165) is 5.56 Å². The lowest BCUT2D eigenvalue weighted by Crippen LogP contribution is -2.51. The first-order valence-corrected chi connectivity index (χ1v) is 11.8. The average Bonchev–Trinajstić information content (AvgIpc) is 2.94. The number of piperazine rings is 1. The fourth-order valence-electron chi connectivity index (χ4n) is 4.43. The second-order valence-electron chi connectivity index (χ2n) is 8.57. The van der Waals surface area contributed by atoms with Crippen LogP contribution in [0.4, 0.5) is 4.39 Å². The third-order valence-corrected chi connectivity index (χ3v) is 6.38. The van der Waals surface area contributed by atoms with Gasteiger partial charge in [0.15, 0.2) is 11.3 Å². The number of amides is 2. The Labute approximate surface area is 211 Å². The second-order valence-corrected chi connectivity index (χ2v) is 8.57. The molecule has 3 heterocycles. The lowest BCUT2D eigenvalue weighted by Gasteiger charge is -2.34. The Morgan fingerprint density at radius 3 is 2.32 bits per heavy atom. The molecule has 1 fully saturated rings. The minimum atomic E-state index is -0.587. The van der Waals surface area contributed by atoms with Crippen molar-refractivity contribution in [3.63, 3.8) is 0 Å². The minimum Gasteiger partial charge on any atom is -0.496 e. The SMILES string of the molecule is COc1ccccc1Cn1c(=O)c(C(=O)N2CCN(C(=O)c3ccccc3F)CC2)nc2cccnc21. The quantitative estimate of drug-likeness (QED) is 0.417. The highest BCUT2D eigenvalue weighted by atomic mass is 19.1. The molecule has 5 rings (SSSR count). The Balaban J connectivity index is 1.42. The van der Waals surface area contributed by atoms with Crippen molar-refractivity contribution in [2.75, 3.05) is 33.3 Å².